The first-order valence-corrected chi connectivity index (χ1v) is 4.44. The van der Waals surface area contributed by atoms with Gasteiger partial charge in [0.15, 0.2) is 0 Å². The van der Waals surface area contributed by atoms with Gasteiger partial charge >= 0.3 is 0 Å². The van der Waals surface area contributed by atoms with E-state index in [1.807, 2.05) is 11.8 Å². The van der Waals surface area contributed by atoms with Crippen LogP contribution < -0.4 is 0 Å². The van der Waals surface area contributed by atoms with Crippen LogP contribution in [-0.4, -0.2) is 36.6 Å². The number of rotatable bonds is 2. The molecule has 0 N–H and O–H groups in total. The van der Waals surface area contributed by atoms with E-state index in [4.69, 9.17) is 4.74 Å². The minimum atomic E-state index is -0.106. The Morgan fingerprint density at radius 2 is 2.33 bits per heavy atom. The van der Waals surface area contributed by atoms with E-state index >= 15 is 0 Å². The number of hydrogen-bond donors (Lipinski definition) is 0. The molecule has 1 heterocycles. The van der Waals surface area contributed by atoms with Gasteiger partial charge in [0.25, 0.3) is 0 Å². The monoisotopic (exact) mass is 171 g/mol. The molecule has 1 fully saturated rings. The minimum Gasteiger partial charge on any atom is -0.377 e. The third kappa shape index (κ3) is 1.78. The number of carbonyl (C=O) groups is 1. The molecule has 0 bridgehead atoms. The van der Waals surface area contributed by atoms with E-state index in [0.29, 0.717) is 6.42 Å². The molecule has 1 aliphatic heterocycles. The van der Waals surface area contributed by atoms with Gasteiger partial charge in [0.1, 0.15) is 0 Å². The zero-order valence-electron chi connectivity index (χ0n) is 8.09. The Bertz CT molecular complexity index is 181. The fourth-order valence-electron chi connectivity index (χ4n) is 1.54. The summed E-state index contributed by atoms with van der Waals surface area (Å²) in [6.45, 7) is 5.54. The van der Waals surface area contributed by atoms with E-state index in [1.165, 1.54) is 0 Å². The molecule has 1 saturated heterocycles. The van der Waals surface area contributed by atoms with Crippen molar-refractivity contribution in [2.75, 3.05) is 20.2 Å². The van der Waals surface area contributed by atoms with E-state index < -0.39 is 0 Å². The second-order valence-electron chi connectivity index (χ2n) is 3.57. The summed E-state index contributed by atoms with van der Waals surface area (Å²) in [5.41, 5.74) is -0.106. The zero-order valence-corrected chi connectivity index (χ0v) is 8.09. The number of amides is 1. The molecule has 1 amide bonds. The summed E-state index contributed by atoms with van der Waals surface area (Å²) >= 11 is 0. The lowest BCUT2D eigenvalue weighted by molar-refractivity contribution is -0.130. The van der Waals surface area contributed by atoms with E-state index in [1.54, 1.807) is 7.11 Å². The van der Waals surface area contributed by atoms with E-state index in [-0.39, 0.29) is 11.5 Å². The average molecular weight is 171 g/mol. The molecule has 0 radical (unpaired) electrons. The van der Waals surface area contributed by atoms with E-state index in [2.05, 4.69) is 6.92 Å². The van der Waals surface area contributed by atoms with Crippen LogP contribution in [0.3, 0.4) is 0 Å². The van der Waals surface area contributed by atoms with Crippen LogP contribution in [0.25, 0.3) is 0 Å². The number of nitrogens with zero attached hydrogens (tertiary/aromatic N) is 1. The Hall–Kier alpha value is -0.570. The minimum absolute atomic E-state index is 0.106. The topological polar surface area (TPSA) is 29.5 Å². The van der Waals surface area contributed by atoms with Gasteiger partial charge in [0.05, 0.1) is 5.60 Å². The van der Waals surface area contributed by atoms with Gasteiger partial charge in [-0.1, -0.05) is 6.92 Å². The van der Waals surface area contributed by atoms with Gasteiger partial charge in [0, 0.05) is 26.6 Å². The summed E-state index contributed by atoms with van der Waals surface area (Å²) in [5.74, 6) is 0.232. The van der Waals surface area contributed by atoms with Crippen LogP contribution in [0.4, 0.5) is 0 Å². The van der Waals surface area contributed by atoms with Crippen molar-refractivity contribution in [3.8, 4) is 0 Å². The number of methoxy groups -OCH3 is 1. The van der Waals surface area contributed by atoms with Crippen LogP contribution in [0.5, 0.6) is 0 Å². The molecule has 1 unspecified atom stereocenters. The summed E-state index contributed by atoms with van der Waals surface area (Å²) in [7, 11) is 1.71. The Kier molecular flexibility index (Phi) is 2.73. The molecule has 3 heteroatoms. The third-order valence-electron chi connectivity index (χ3n) is 2.58. The molecule has 0 aliphatic carbocycles. The number of hydrogen-bond acceptors (Lipinski definition) is 2. The van der Waals surface area contributed by atoms with Crippen molar-refractivity contribution in [3.05, 3.63) is 0 Å². The van der Waals surface area contributed by atoms with E-state index in [0.717, 1.165) is 19.5 Å². The Morgan fingerprint density at radius 1 is 1.67 bits per heavy atom. The molecular formula is C9H17NO2. The first-order valence-electron chi connectivity index (χ1n) is 4.44. The quantitative estimate of drug-likeness (QED) is 0.621. The predicted molar refractivity (Wildman–Crippen MR) is 46.9 cm³/mol. The lowest BCUT2D eigenvalue weighted by Gasteiger charge is -2.22. The smallest absolute Gasteiger partial charge is 0.222 e. The van der Waals surface area contributed by atoms with Gasteiger partial charge < -0.3 is 9.64 Å². The van der Waals surface area contributed by atoms with Crippen LogP contribution >= 0.6 is 0 Å². The second kappa shape index (κ2) is 3.44. The summed E-state index contributed by atoms with van der Waals surface area (Å²) in [6.07, 6.45) is 1.55. The Morgan fingerprint density at radius 3 is 2.75 bits per heavy atom. The standard InChI is InChI=1S/C9H17NO2/c1-4-8(11)10-6-5-9(2,7-10)12-3/h4-7H2,1-3H3. The molecule has 1 aliphatic rings. The highest BCUT2D eigenvalue weighted by Crippen LogP contribution is 2.24. The van der Waals surface area contributed by atoms with Crippen molar-refractivity contribution in [1.82, 2.24) is 4.90 Å². The van der Waals surface area contributed by atoms with Crippen LogP contribution in [0.15, 0.2) is 0 Å². The molecule has 0 aromatic rings. The van der Waals surface area contributed by atoms with Gasteiger partial charge in [0.2, 0.25) is 5.91 Å². The van der Waals surface area contributed by atoms with Gasteiger partial charge in [-0.25, -0.2) is 0 Å². The lowest BCUT2D eigenvalue weighted by atomic mass is 10.1. The second-order valence-corrected chi connectivity index (χ2v) is 3.57. The highest BCUT2D eigenvalue weighted by atomic mass is 16.5. The maximum atomic E-state index is 11.3. The molecule has 12 heavy (non-hydrogen) atoms. The first kappa shape index (κ1) is 9.52. The average Bonchev–Trinajstić information content (AvgIpc) is 2.48. The molecular weight excluding hydrogens is 154 g/mol. The first-order chi connectivity index (χ1) is 5.61. The van der Waals surface area contributed by atoms with Gasteiger partial charge in [-0.2, -0.15) is 0 Å². The molecule has 0 aromatic carbocycles. The highest BCUT2D eigenvalue weighted by molar-refractivity contribution is 5.76. The number of carbonyl (C=O) groups excluding carboxylic acids is 1. The van der Waals surface area contributed by atoms with Gasteiger partial charge in [-0.05, 0) is 13.3 Å². The molecule has 0 spiro atoms. The summed E-state index contributed by atoms with van der Waals surface area (Å²) in [6, 6.07) is 0. The SMILES string of the molecule is CCC(=O)N1CCC(C)(OC)C1. The molecule has 1 atom stereocenters. The normalized spacial score (nSPS) is 29.4. The lowest BCUT2D eigenvalue weighted by Crippen LogP contribution is -2.34. The predicted octanol–water partition coefficient (Wildman–Crippen LogP) is 1.03. The van der Waals surface area contributed by atoms with Crippen LogP contribution in [0, 0.1) is 0 Å². The molecule has 0 aromatic heterocycles. The van der Waals surface area contributed by atoms with Crippen LogP contribution in [0.2, 0.25) is 0 Å². The van der Waals surface area contributed by atoms with Crippen molar-refractivity contribution in [2.24, 2.45) is 0 Å². The number of ether oxygens (including phenoxy) is 1. The van der Waals surface area contributed by atoms with Crippen LogP contribution in [-0.2, 0) is 9.53 Å². The maximum Gasteiger partial charge on any atom is 0.222 e. The van der Waals surface area contributed by atoms with Gasteiger partial charge in [-0.3, -0.25) is 4.79 Å². The fourth-order valence-corrected chi connectivity index (χ4v) is 1.54. The van der Waals surface area contributed by atoms with Crippen molar-refractivity contribution >= 4 is 5.91 Å². The Balaban J connectivity index is 2.50. The zero-order chi connectivity index (χ0) is 9.19. The summed E-state index contributed by atoms with van der Waals surface area (Å²) in [4.78, 5) is 13.2. The summed E-state index contributed by atoms with van der Waals surface area (Å²) in [5, 5.41) is 0. The summed E-state index contributed by atoms with van der Waals surface area (Å²) < 4.78 is 5.33. The van der Waals surface area contributed by atoms with Crippen molar-refractivity contribution in [2.45, 2.75) is 32.3 Å². The third-order valence-corrected chi connectivity index (χ3v) is 2.58. The largest absolute Gasteiger partial charge is 0.377 e. The Labute approximate surface area is 73.7 Å². The van der Waals surface area contributed by atoms with Gasteiger partial charge in [-0.15, -0.1) is 0 Å². The van der Waals surface area contributed by atoms with Crippen molar-refractivity contribution in [1.29, 1.82) is 0 Å². The molecule has 1 rings (SSSR count). The van der Waals surface area contributed by atoms with Crippen molar-refractivity contribution < 1.29 is 9.53 Å². The van der Waals surface area contributed by atoms with Crippen LogP contribution in [0.1, 0.15) is 26.7 Å². The highest BCUT2D eigenvalue weighted by Gasteiger charge is 2.35. The number of likely N-dealkylation sites (tertiary alicyclic amines) is 1. The molecule has 70 valence electrons. The molecule has 0 saturated carbocycles. The fraction of sp³-hybridized carbons (Fsp3) is 0.889. The van der Waals surface area contributed by atoms with Crippen molar-refractivity contribution in [3.63, 3.8) is 0 Å². The maximum absolute atomic E-state index is 11.3. The molecule has 3 nitrogen and oxygen atoms in total. The van der Waals surface area contributed by atoms with E-state index in [9.17, 15) is 4.79 Å².